The Morgan fingerprint density at radius 2 is 2.21 bits per heavy atom. The summed E-state index contributed by atoms with van der Waals surface area (Å²) in [6, 6.07) is 3.46. The Hall–Kier alpha value is -0.620. The molecule has 1 atom stereocenters. The molecule has 4 nitrogen and oxygen atoms in total. The molecule has 0 bridgehead atoms. The molecular formula is C13H18ClNO3S. The first-order valence-corrected chi connectivity index (χ1v) is 7.49. The zero-order valence-corrected chi connectivity index (χ0v) is 12.6. The highest BCUT2D eigenvalue weighted by Crippen LogP contribution is 2.26. The summed E-state index contributed by atoms with van der Waals surface area (Å²) >= 11 is 7.09. The summed E-state index contributed by atoms with van der Waals surface area (Å²) in [4.78, 5) is 12.5. The van der Waals surface area contributed by atoms with Crippen LogP contribution in [-0.2, 0) is 9.47 Å². The van der Waals surface area contributed by atoms with Crippen molar-refractivity contribution in [1.29, 1.82) is 0 Å². The molecular weight excluding hydrogens is 286 g/mol. The van der Waals surface area contributed by atoms with Crippen molar-refractivity contribution < 1.29 is 14.3 Å². The molecule has 1 aliphatic heterocycles. The number of ether oxygens (including phenoxy) is 2. The summed E-state index contributed by atoms with van der Waals surface area (Å²) in [5.74, 6) is -0.305. The predicted molar refractivity (Wildman–Crippen MR) is 75.8 cm³/mol. The van der Waals surface area contributed by atoms with Gasteiger partial charge in [-0.25, -0.2) is 0 Å². The van der Waals surface area contributed by atoms with E-state index in [4.69, 9.17) is 21.1 Å². The molecule has 0 saturated carbocycles. The second-order valence-electron chi connectivity index (χ2n) is 4.95. The molecule has 0 radical (unpaired) electrons. The molecule has 1 N–H and O–H groups in total. The zero-order chi connectivity index (χ0) is 13.9. The Labute approximate surface area is 122 Å². The largest absolute Gasteiger partial charge is 0.351 e. The lowest BCUT2D eigenvalue weighted by Gasteiger charge is -2.25. The SMILES string of the molecule is C[C@H](CNC(=O)c1ccc(Cl)s1)CC1(C)OCCO1. The van der Waals surface area contributed by atoms with E-state index < -0.39 is 5.79 Å². The summed E-state index contributed by atoms with van der Waals surface area (Å²) in [5.41, 5.74) is 0. The molecule has 1 saturated heterocycles. The molecule has 0 unspecified atom stereocenters. The van der Waals surface area contributed by atoms with E-state index >= 15 is 0 Å². The highest BCUT2D eigenvalue weighted by atomic mass is 35.5. The van der Waals surface area contributed by atoms with Gasteiger partial charge in [-0.2, -0.15) is 0 Å². The monoisotopic (exact) mass is 303 g/mol. The summed E-state index contributed by atoms with van der Waals surface area (Å²) in [6.07, 6.45) is 0.762. The molecule has 1 fully saturated rings. The molecule has 0 aromatic carbocycles. The smallest absolute Gasteiger partial charge is 0.261 e. The Bertz CT molecular complexity index is 443. The quantitative estimate of drug-likeness (QED) is 0.910. The van der Waals surface area contributed by atoms with Crippen molar-refractivity contribution in [1.82, 2.24) is 5.32 Å². The van der Waals surface area contributed by atoms with E-state index in [1.165, 1.54) is 11.3 Å². The maximum absolute atomic E-state index is 11.9. The normalized spacial score (nSPS) is 19.3. The fourth-order valence-electron chi connectivity index (χ4n) is 2.17. The van der Waals surface area contributed by atoms with Crippen molar-refractivity contribution >= 4 is 28.8 Å². The number of rotatable bonds is 5. The van der Waals surface area contributed by atoms with Gasteiger partial charge in [0.1, 0.15) is 0 Å². The van der Waals surface area contributed by atoms with Crippen molar-refractivity contribution in [2.45, 2.75) is 26.1 Å². The first-order chi connectivity index (χ1) is 8.98. The van der Waals surface area contributed by atoms with Gasteiger partial charge in [0, 0.05) is 13.0 Å². The van der Waals surface area contributed by atoms with Crippen LogP contribution in [-0.4, -0.2) is 31.5 Å². The topological polar surface area (TPSA) is 47.6 Å². The van der Waals surface area contributed by atoms with Crippen LogP contribution in [0.3, 0.4) is 0 Å². The van der Waals surface area contributed by atoms with Crippen LogP contribution in [0.1, 0.15) is 29.9 Å². The van der Waals surface area contributed by atoms with Gasteiger partial charge in [-0.3, -0.25) is 4.79 Å². The van der Waals surface area contributed by atoms with Gasteiger partial charge in [-0.1, -0.05) is 18.5 Å². The van der Waals surface area contributed by atoms with Gasteiger partial charge in [-0.15, -0.1) is 11.3 Å². The van der Waals surface area contributed by atoms with Crippen LogP contribution >= 0.6 is 22.9 Å². The van der Waals surface area contributed by atoms with Crippen LogP contribution < -0.4 is 5.32 Å². The van der Waals surface area contributed by atoms with Crippen molar-refractivity contribution in [2.75, 3.05) is 19.8 Å². The van der Waals surface area contributed by atoms with Crippen LogP contribution in [0.15, 0.2) is 12.1 Å². The number of hydrogen-bond donors (Lipinski definition) is 1. The van der Waals surface area contributed by atoms with Gasteiger partial charge in [-0.05, 0) is 25.0 Å². The minimum absolute atomic E-state index is 0.0813. The number of hydrogen-bond acceptors (Lipinski definition) is 4. The molecule has 106 valence electrons. The minimum Gasteiger partial charge on any atom is -0.351 e. The Morgan fingerprint density at radius 1 is 1.53 bits per heavy atom. The Morgan fingerprint density at radius 3 is 2.79 bits per heavy atom. The van der Waals surface area contributed by atoms with E-state index in [0.717, 1.165) is 6.42 Å². The molecule has 1 aromatic rings. The average Bonchev–Trinajstić information content (AvgIpc) is 2.95. The molecule has 1 amide bonds. The second-order valence-corrected chi connectivity index (χ2v) is 6.67. The number of nitrogens with one attached hydrogen (secondary N) is 1. The van der Waals surface area contributed by atoms with Crippen LogP contribution in [0.5, 0.6) is 0 Å². The van der Waals surface area contributed by atoms with Crippen molar-refractivity contribution in [2.24, 2.45) is 5.92 Å². The van der Waals surface area contributed by atoms with Gasteiger partial charge in [0.25, 0.3) is 5.91 Å². The Balaban J connectivity index is 1.77. The summed E-state index contributed by atoms with van der Waals surface area (Å²) in [7, 11) is 0. The Kier molecular flexibility index (Phi) is 4.84. The highest BCUT2D eigenvalue weighted by molar-refractivity contribution is 7.17. The zero-order valence-electron chi connectivity index (χ0n) is 11.1. The molecule has 0 spiro atoms. The first-order valence-electron chi connectivity index (χ1n) is 6.30. The number of thiophene rings is 1. The van der Waals surface area contributed by atoms with Gasteiger partial charge in [0.15, 0.2) is 5.79 Å². The summed E-state index contributed by atoms with van der Waals surface area (Å²) in [6.45, 7) is 5.89. The van der Waals surface area contributed by atoms with Crippen LogP contribution in [0, 0.1) is 5.92 Å². The van der Waals surface area contributed by atoms with E-state index in [0.29, 0.717) is 29.0 Å². The first kappa shape index (κ1) is 14.8. The van der Waals surface area contributed by atoms with E-state index in [1.807, 2.05) is 6.92 Å². The summed E-state index contributed by atoms with van der Waals surface area (Å²) < 4.78 is 11.7. The summed E-state index contributed by atoms with van der Waals surface area (Å²) in [5, 5.41) is 2.90. The minimum atomic E-state index is -0.504. The van der Waals surface area contributed by atoms with E-state index in [9.17, 15) is 4.79 Å². The molecule has 0 aliphatic carbocycles. The van der Waals surface area contributed by atoms with Crippen molar-refractivity contribution in [3.05, 3.63) is 21.3 Å². The average molecular weight is 304 g/mol. The predicted octanol–water partition coefficient (Wildman–Crippen LogP) is 2.92. The maximum atomic E-state index is 11.9. The fraction of sp³-hybridized carbons (Fsp3) is 0.615. The number of halogens is 1. The van der Waals surface area contributed by atoms with E-state index in [2.05, 4.69) is 12.2 Å². The molecule has 6 heteroatoms. The molecule has 2 rings (SSSR count). The van der Waals surface area contributed by atoms with E-state index in [1.54, 1.807) is 12.1 Å². The lowest BCUT2D eigenvalue weighted by Crippen LogP contribution is -2.34. The number of carbonyl (C=O) groups is 1. The van der Waals surface area contributed by atoms with Gasteiger partial charge in [0.2, 0.25) is 0 Å². The van der Waals surface area contributed by atoms with Crippen LogP contribution in [0.25, 0.3) is 0 Å². The van der Waals surface area contributed by atoms with Gasteiger partial charge >= 0.3 is 0 Å². The lowest BCUT2D eigenvalue weighted by atomic mass is 10.0. The third kappa shape index (κ3) is 4.18. The lowest BCUT2D eigenvalue weighted by molar-refractivity contribution is -0.153. The maximum Gasteiger partial charge on any atom is 0.261 e. The fourth-order valence-corrected chi connectivity index (χ4v) is 3.13. The number of amides is 1. The van der Waals surface area contributed by atoms with E-state index in [-0.39, 0.29) is 11.8 Å². The van der Waals surface area contributed by atoms with Gasteiger partial charge in [0.05, 0.1) is 22.4 Å². The second kappa shape index (κ2) is 6.22. The van der Waals surface area contributed by atoms with Crippen molar-refractivity contribution in [3.8, 4) is 0 Å². The standard InChI is InChI=1S/C13H18ClNO3S/c1-9(7-13(2)17-5-6-18-13)8-15-12(16)10-3-4-11(14)19-10/h3-4,9H,5-8H2,1-2H3,(H,15,16)/t9-/m0/s1. The third-order valence-corrected chi connectivity index (χ3v) is 4.26. The van der Waals surface area contributed by atoms with Crippen LogP contribution in [0.2, 0.25) is 4.34 Å². The molecule has 19 heavy (non-hydrogen) atoms. The van der Waals surface area contributed by atoms with Crippen molar-refractivity contribution in [3.63, 3.8) is 0 Å². The number of carbonyl (C=O) groups excluding carboxylic acids is 1. The molecule has 2 heterocycles. The highest BCUT2D eigenvalue weighted by Gasteiger charge is 2.32. The van der Waals surface area contributed by atoms with Gasteiger partial charge < -0.3 is 14.8 Å². The third-order valence-electron chi connectivity index (χ3n) is 3.03. The van der Waals surface area contributed by atoms with Crippen LogP contribution in [0.4, 0.5) is 0 Å². The molecule has 1 aliphatic rings. The molecule has 1 aromatic heterocycles.